The van der Waals surface area contributed by atoms with Crippen molar-refractivity contribution in [3.05, 3.63) is 185 Å². The molecule has 11 rings (SSSR count). The molecule has 0 saturated heterocycles. The highest BCUT2D eigenvalue weighted by atomic mass is 35.5. The van der Waals surface area contributed by atoms with Crippen LogP contribution in [-0.4, -0.2) is 162 Å². The standard InChI is InChI=1S/C20H25ClN2O2S.C20H21ClN2O2S.C17H20ClNO2.C15H17ClN2S.C4H6O6/c2*1-20(2,3)25-19(24)23-11-8-14-4-6-17(21)16(15(14)9-12-23)5-7-18-22-10-13-26-18;1-5-13-14-9-11-19(16(20)21-17(2,3)4)10-8-12(14)6-7-15(13)18;16-14-3-1-11-5-7-17-8-6-12(11)13(14)2-4-15-18-9-10-19-15;5-1(3(7)8)2(6)4(9)10/h4,6,10,13H,5,7-9,11-12H2,1-3H3;4,6,10,13H,8-9,11-12H2,1-3H3;1,6-7H,8-11H2,2-4H3;1,3,9-10,17H,2,4-8H2;1-2,5-6H,(H,7,8)(H,9,10)/t;;;;1-,2-/m....1/s1. The Morgan fingerprint density at radius 1 is 0.480 bits per heavy atom. The van der Waals surface area contributed by atoms with Crippen molar-refractivity contribution in [2.45, 2.75) is 168 Å². The molecule has 3 amide bonds. The van der Waals surface area contributed by atoms with Gasteiger partial charge in [-0.2, -0.15) is 0 Å². The van der Waals surface area contributed by atoms with Crippen LogP contribution in [0.25, 0.3) is 0 Å². The zero-order valence-electron chi connectivity index (χ0n) is 58.9. The average molecular weight is 1530 g/mol. The Morgan fingerprint density at radius 3 is 1.23 bits per heavy atom. The van der Waals surface area contributed by atoms with Crippen LogP contribution in [0, 0.1) is 24.2 Å². The van der Waals surface area contributed by atoms with E-state index in [1.165, 1.54) is 60.9 Å². The van der Waals surface area contributed by atoms with Crippen LogP contribution in [0.5, 0.6) is 0 Å². The number of carbonyl (C=O) groups is 5. The molecule has 7 aromatic rings. The number of terminal acetylenes is 1. The summed E-state index contributed by atoms with van der Waals surface area (Å²) < 4.78 is 16.5. The van der Waals surface area contributed by atoms with Gasteiger partial charge in [-0.3, -0.25) is 0 Å². The van der Waals surface area contributed by atoms with Gasteiger partial charge in [-0.25, -0.2) is 38.9 Å². The number of aliphatic hydroxyl groups excluding tert-OH is 2. The Morgan fingerprint density at radius 2 is 0.833 bits per heavy atom. The van der Waals surface area contributed by atoms with Crippen molar-refractivity contribution in [1.82, 2.24) is 35.0 Å². The van der Waals surface area contributed by atoms with Crippen molar-refractivity contribution in [3.8, 4) is 24.2 Å². The number of aromatic nitrogens is 3. The third kappa shape index (κ3) is 25.2. The summed E-state index contributed by atoms with van der Waals surface area (Å²) in [5, 5.41) is 48.0. The summed E-state index contributed by atoms with van der Waals surface area (Å²) in [4.78, 5) is 74.8. The number of thiazole rings is 3. The van der Waals surface area contributed by atoms with Gasteiger partial charge in [0.05, 0.1) is 20.1 Å². The van der Waals surface area contributed by atoms with Gasteiger partial charge in [0.15, 0.2) is 17.2 Å². The molecule has 19 nitrogen and oxygen atoms in total. The predicted octanol–water partition coefficient (Wildman–Crippen LogP) is 14.3. The summed E-state index contributed by atoms with van der Waals surface area (Å²) in [6.45, 7) is 22.8. The lowest BCUT2D eigenvalue weighted by atomic mass is 9.94. The molecule has 0 unspecified atom stereocenters. The molecule has 4 aromatic carbocycles. The van der Waals surface area contributed by atoms with Gasteiger partial charge < -0.3 is 54.7 Å². The molecular formula is C76H89Cl4N7O12S3. The summed E-state index contributed by atoms with van der Waals surface area (Å²) in [5.41, 5.74) is 12.7. The lowest BCUT2D eigenvalue weighted by Crippen LogP contribution is -2.39. The number of amides is 3. The summed E-state index contributed by atoms with van der Waals surface area (Å²) in [6.07, 6.45) is 16.2. The van der Waals surface area contributed by atoms with Gasteiger partial charge in [0, 0.05) is 108 Å². The van der Waals surface area contributed by atoms with Crippen LogP contribution in [0.4, 0.5) is 14.4 Å². The van der Waals surface area contributed by atoms with Crippen LogP contribution < -0.4 is 5.32 Å². The molecule has 0 spiro atoms. The number of nitrogens with zero attached hydrogens (tertiary/aromatic N) is 6. The van der Waals surface area contributed by atoms with Crippen LogP contribution in [0.1, 0.15) is 144 Å². The van der Waals surface area contributed by atoms with Crippen LogP contribution in [0.2, 0.25) is 20.1 Å². The number of benzene rings is 4. The zero-order chi connectivity index (χ0) is 74.5. The number of hydrogen-bond donors (Lipinski definition) is 5. The van der Waals surface area contributed by atoms with Gasteiger partial charge >= 0.3 is 30.2 Å². The first-order valence-corrected chi connectivity index (χ1v) is 37.7. The minimum Gasteiger partial charge on any atom is -0.479 e. The minimum absolute atomic E-state index is 0.235. The number of carboxylic acids is 2. The van der Waals surface area contributed by atoms with Crippen LogP contribution in [-0.2, 0) is 101 Å². The third-order valence-electron chi connectivity index (χ3n) is 16.4. The fraction of sp³-hybridized carbons (Fsp3) is 0.447. The largest absolute Gasteiger partial charge is 0.479 e. The first-order chi connectivity index (χ1) is 48.3. The SMILES string of the molecule is C#Cc1c(Cl)ccc2c1CCN(C(=O)OC(C)(C)C)CC2.CC(C)(C)OC(=O)N1CCc2ccc(Cl)c(C#Cc3nccs3)c2CC1.CC(C)(C)OC(=O)N1CCc2ccc(Cl)c(CCc3nccs3)c2CC1.Clc1ccc2c(c1CCc1nccs1)CCNCC2.O=C(O)[C@H](O)[C@@H](O)C(=O)O. The second-order valence-electron chi connectivity index (χ2n) is 27.2. The summed E-state index contributed by atoms with van der Waals surface area (Å²) in [5.74, 6) is 5.40. The number of carbonyl (C=O) groups excluding carboxylic acids is 3. The maximum Gasteiger partial charge on any atom is 0.410 e. The fourth-order valence-electron chi connectivity index (χ4n) is 11.5. The van der Waals surface area contributed by atoms with Gasteiger partial charge in [0.25, 0.3) is 0 Å². The number of aryl methyl sites for hydroxylation is 2. The molecule has 5 N–H and O–H groups in total. The highest BCUT2D eigenvalue weighted by Crippen LogP contribution is 2.32. The molecule has 102 heavy (non-hydrogen) atoms. The maximum absolute atomic E-state index is 12.4. The molecule has 3 aromatic heterocycles. The van der Waals surface area contributed by atoms with E-state index in [2.05, 4.69) is 56.2 Å². The number of hydrogen-bond acceptors (Lipinski definition) is 17. The van der Waals surface area contributed by atoms with Gasteiger partial charge in [-0.15, -0.1) is 40.4 Å². The Hall–Kier alpha value is -7.32. The number of aliphatic hydroxyl groups is 2. The number of rotatable bonds is 9. The summed E-state index contributed by atoms with van der Waals surface area (Å²) >= 11 is 30.4. The van der Waals surface area contributed by atoms with Gasteiger partial charge in [0.1, 0.15) is 16.8 Å². The maximum atomic E-state index is 12.4. The lowest BCUT2D eigenvalue weighted by molar-refractivity contribution is -0.165. The lowest BCUT2D eigenvalue weighted by Gasteiger charge is -2.26. The van der Waals surface area contributed by atoms with E-state index in [1.807, 2.05) is 126 Å². The van der Waals surface area contributed by atoms with Crippen molar-refractivity contribution < 1.29 is 58.6 Å². The van der Waals surface area contributed by atoms with E-state index in [0.717, 1.165) is 120 Å². The molecule has 0 fully saturated rings. The molecule has 4 aliphatic rings. The second kappa shape index (κ2) is 38.4. The fourth-order valence-corrected chi connectivity index (χ4v) is 14.3. The van der Waals surface area contributed by atoms with Gasteiger partial charge in [-0.1, -0.05) is 82.5 Å². The third-order valence-corrected chi connectivity index (χ3v) is 20.1. The van der Waals surface area contributed by atoms with E-state index >= 15 is 0 Å². The van der Waals surface area contributed by atoms with E-state index in [9.17, 15) is 24.0 Å². The van der Waals surface area contributed by atoms with Crippen LogP contribution in [0.3, 0.4) is 0 Å². The number of fused-ring (bicyclic) bond motifs is 4. The molecule has 0 aliphatic carbocycles. The van der Waals surface area contributed by atoms with E-state index in [4.69, 9.17) is 87.5 Å². The number of ether oxygens (including phenoxy) is 3. The van der Waals surface area contributed by atoms with Crippen molar-refractivity contribution in [3.63, 3.8) is 0 Å². The van der Waals surface area contributed by atoms with Crippen molar-refractivity contribution >= 4 is 111 Å². The van der Waals surface area contributed by atoms with Crippen LogP contribution >= 0.6 is 80.4 Å². The Kier molecular flexibility index (Phi) is 30.9. The number of nitrogens with one attached hydrogen (secondary N) is 1. The number of aliphatic carboxylic acids is 2. The second-order valence-corrected chi connectivity index (χ2v) is 31.7. The van der Waals surface area contributed by atoms with Crippen LogP contribution in [0.15, 0.2) is 83.3 Å². The minimum atomic E-state index is -2.27. The van der Waals surface area contributed by atoms with Gasteiger partial charge in [-0.05, 0) is 225 Å². The molecule has 0 saturated carbocycles. The molecule has 0 radical (unpaired) electrons. The molecular weight excluding hydrogens is 1440 g/mol. The molecule has 26 heteroatoms. The van der Waals surface area contributed by atoms with Crippen molar-refractivity contribution in [1.29, 1.82) is 0 Å². The molecule has 4 aliphatic heterocycles. The van der Waals surface area contributed by atoms with Crippen molar-refractivity contribution in [2.75, 3.05) is 52.4 Å². The van der Waals surface area contributed by atoms with E-state index in [1.54, 1.807) is 38.7 Å². The van der Waals surface area contributed by atoms with E-state index in [0.29, 0.717) is 62.2 Å². The monoisotopic (exact) mass is 1530 g/mol. The highest BCUT2D eigenvalue weighted by Gasteiger charge is 2.31. The molecule has 7 heterocycles. The Bertz CT molecular complexity index is 4080. The number of halogens is 4. The first kappa shape index (κ1) is 82.0. The Balaban J connectivity index is 0.000000184. The summed E-state index contributed by atoms with van der Waals surface area (Å²) in [6, 6.07) is 16.1. The first-order valence-electron chi connectivity index (χ1n) is 33.6. The normalized spacial score (nSPS) is 14.7. The van der Waals surface area contributed by atoms with E-state index < -0.39 is 40.9 Å². The van der Waals surface area contributed by atoms with Gasteiger partial charge in [0.2, 0.25) is 0 Å². The highest BCUT2D eigenvalue weighted by molar-refractivity contribution is 7.10. The Labute approximate surface area is 629 Å². The molecule has 0 bridgehead atoms. The molecule has 546 valence electrons. The number of carboxylic acid groups (broad SMARTS) is 2. The zero-order valence-corrected chi connectivity index (χ0v) is 64.4. The summed E-state index contributed by atoms with van der Waals surface area (Å²) in [7, 11) is 0. The van der Waals surface area contributed by atoms with Crippen molar-refractivity contribution in [2.24, 2.45) is 0 Å². The topological polar surface area (TPSA) is 254 Å². The van der Waals surface area contributed by atoms with E-state index in [-0.39, 0.29) is 18.3 Å². The quantitative estimate of drug-likeness (QED) is 0.0665. The predicted molar refractivity (Wildman–Crippen MR) is 404 cm³/mol. The smallest absolute Gasteiger partial charge is 0.410 e. The average Bonchev–Trinajstić information content (AvgIpc) is 1.55. The molecule has 2 atom stereocenters.